The zero-order valence-electron chi connectivity index (χ0n) is 17.6. The molecule has 1 saturated heterocycles. The molecule has 0 aromatic carbocycles. The van der Waals surface area contributed by atoms with E-state index in [0.29, 0.717) is 35.9 Å². The van der Waals surface area contributed by atoms with E-state index in [-0.39, 0.29) is 22.4 Å². The fourth-order valence-corrected chi connectivity index (χ4v) is 9.46. The maximum absolute atomic E-state index is 12.2. The molecule has 5 unspecified atom stereocenters. The molecule has 3 heteroatoms. The van der Waals surface area contributed by atoms with Crippen LogP contribution in [0.5, 0.6) is 0 Å². The molecule has 0 aromatic heterocycles. The highest BCUT2D eigenvalue weighted by Crippen LogP contribution is 2.79. The van der Waals surface area contributed by atoms with Crippen molar-refractivity contribution in [3.05, 3.63) is 11.6 Å². The molecular formula is C25H34O3. The van der Waals surface area contributed by atoms with Crippen molar-refractivity contribution < 1.29 is 14.3 Å². The molecule has 0 bridgehead atoms. The number of hydrogen-bond acceptors (Lipinski definition) is 3. The first-order valence-electron chi connectivity index (χ1n) is 11.8. The van der Waals surface area contributed by atoms with Crippen LogP contribution in [0, 0.1) is 46.3 Å². The maximum Gasteiger partial charge on any atom is 0.306 e. The van der Waals surface area contributed by atoms with E-state index in [1.54, 1.807) is 0 Å². The van der Waals surface area contributed by atoms with Crippen molar-refractivity contribution >= 4 is 11.8 Å². The molecule has 5 fully saturated rings. The topological polar surface area (TPSA) is 43.4 Å². The Kier molecular flexibility index (Phi) is 3.37. The van der Waals surface area contributed by atoms with Crippen molar-refractivity contribution in [2.24, 2.45) is 46.3 Å². The van der Waals surface area contributed by atoms with Crippen LogP contribution in [0.4, 0.5) is 0 Å². The Morgan fingerprint density at radius 2 is 1.93 bits per heavy atom. The normalized spacial score (nSPS) is 56.5. The smallest absolute Gasteiger partial charge is 0.306 e. The minimum absolute atomic E-state index is 0.0494. The van der Waals surface area contributed by atoms with Crippen molar-refractivity contribution in [1.29, 1.82) is 0 Å². The number of carbonyl (C=O) groups excluding carboxylic acids is 2. The summed E-state index contributed by atoms with van der Waals surface area (Å²) < 4.78 is 6.24. The van der Waals surface area contributed by atoms with Crippen LogP contribution >= 0.6 is 0 Å². The van der Waals surface area contributed by atoms with Gasteiger partial charge in [0.1, 0.15) is 5.60 Å². The van der Waals surface area contributed by atoms with Gasteiger partial charge in [-0.2, -0.15) is 0 Å². The summed E-state index contributed by atoms with van der Waals surface area (Å²) in [6, 6.07) is 0. The quantitative estimate of drug-likeness (QED) is 0.594. The highest BCUT2D eigenvalue weighted by molar-refractivity contribution is 5.91. The standard InChI is InChI=1S/C25H34O3/c1-4-14-11-15-12-16(26)5-8-23(15,2)18-6-9-24(3)22(21(14)18)17-13-19(17)25(24)10-7-20(27)28-25/h12,14,17-19,21-22H,4-11,13H2,1-3H3/t14?,17?,18?,19-,21?,22?,23-,24-,25-/m0/s1. The molecule has 0 aromatic rings. The molecular weight excluding hydrogens is 348 g/mol. The zero-order valence-corrected chi connectivity index (χ0v) is 17.6. The Labute approximate surface area is 168 Å². The van der Waals surface area contributed by atoms with Gasteiger partial charge in [0.15, 0.2) is 5.78 Å². The van der Waals surface area contributed by atoms with Crippen LogP contribution in [0.15, 0.2) is 11.6 Å². The van der Waals surface area contributed by atoms with Crippen LogP contribution in [0.1, 0.15) is 78.6 Å². The molecule has 0 amide bonds. The number of allylic oxidation sites excluding steroid dienone is 1. The van der Waals surface area contributed by atoms with Gasteiger partial charge in [0, 0.05) is 24.2 Å². The van der Waals surface area contributed by atoms with Gasteiger partial charge in [-0.05, 0) is 79.6 Å². The van der Waals surface area contributed by atoms with Crippen molar-refractivity contribution in [3.63, 3.8) is 0 Å². The second kappa shape index (κ2) is 5.32. The summed E-state index contributed by atoms with van der Waals surface area (Å²) in [6.45, 7) is 7.32. The Morgan fingerprint density at radius 1 is 1.11 bits per heavy atom. The van der Waals surface area contributed by atoms with E-state index >= 15 is 0 Å². The molecule has 0 N–H and O–H groups in total. The lowest BCUT2D eigenvalue weighted by molar-refractivity contribution is -0.180. The number of ether oxygens (including phenoxy) is 1. The molecule has 5 aliphatic carbocycles. The van der Waals surface area contributed by atoms with Gasteiger partial charge in [-0.3, -0.25) is 9.59 Å². The van der Waals surface area contributed by atoms with Crippen molar-refractivity contribution in [2.45, 2.75) is 84.2 Å². The first-order chi connectivity index (χ1) is 13.3. The largest absolute Gasteiger partial charge is 0.458 e. The second-order valence-electron chi connectivity index (χ2n) is 11.5. The number of hydrogen-bond donors (Lipinski definition) is 0. The number of carbonyl (C=O) groups is 2. The Hall–Kier alpha value is -1.12. The third-order valence-corrected chi connectivity index (χ3v) is 10.8. The first kappa shape index (κ1) is 17.7. The molecule has 0 radical (unpaired) electrons. The number of ketones is 1. The molecule has 4 saturated carbocycles. The summed E-state index contributed by atoms with van der Waals surface area (Å²) >= 11 is 0. The average Bonchev–Trinajstić information content (AvgIpc) is 3.30. The van der Waals surface area contributed by atoms with Crippen LogP contribution in [0.3, 0.4) is 0 Å². The molecule has 1 aliphatic heterocycles. The lowest BCUT2D eigenvalue weighted by Gasteiger charge is -2.62. The summed E-state index contributed by atoms with van der Waals surface area (Å²) in [5, 5.41) is 0. The SMILES string of the molecule is CCC1CC2=CC(=O)CC[C@]2(C)C2CC[C@@]3(C)C(C12)C1C[C@@H]1[C@@]31CCC(=O)O1. The van der Waals surface area contributed by atoms with Gasteiger partial charge in [0.05, 0.1) is 0 Å². The van der Waals surface area contributed by atoms with E-state index < -0.39 is 0 Å². The van der Waals surface area contributed by atoms with Crippen molar-refractivity contribution in [2.75, 3.05) is 0 Å². The fourth-order valence-electron chi connectivity index (χ4n) is 9.46. The van der Waals surface area contributed by atoms with Crippen LogP contribution in [-0.4, -0.2) is 17.4 Å². The van der Waals surface area contributed by atoms with Gasteiger partial charge in [-0.1, -0.05) is 32.8 Å². The maximum atomic E-state index is 12.2. The molecule has 152 valence electrons. The van der Waals surface area contributed by atoms with Gasteiger partial charge in [0.25, 0.3) is 0 Å². The molecule has 1 spiro atoms. The molecule has 9 atom stereocenters. The van der Waals surface area contributed by atoms with Crippen molar-refractivity contribution in [1.82, 2.24) is 0 Å². The molecule has 1 heterocycles. The van der Waals surface area contributed by atoms with Gasteiger partial charge < -0.3 is 4.74 Å². The van der Waals surface area contributed by atoms with E-state index in [0.717, 1.165) is 37.5 Å². The minimum Gasteiger partial charge on any atom is -0.458 e. The second-order valence-corrected chi connectivity index (χ2v) is 11.5. The number of fused-ring (bicyclic) bond motifs is 9. The van der Waals surface area contributed by atoms with E-state index in [4.69, 9.17) is 4.74 Å². The molecule has 3 nitrogen and oxygen atoms in total. The van der Waals surface area contributed by atoms with E-state index in [1.807, 2.05) is 6.08 Å². The number of rotatable bonds is 1. The van der Waals surface area contributed by atoms with Gasteiger partial charge in [-0.15, -0.1) is 0 Å². The highest BCUT2D eigenvalue weighted by atomic mass is 16.6. The lowest BCUT2D eigenvalue weighted by Crippen LogP contribution is -2.58. The van der Waals surface area contributed by atoms with Crippen LogP contribution in [0.2, 0.25) is 0 Å². The summed E-state index contributed by atoms with van der Waals surface area (Å²) in [7, 11) is 0. The molecule has 6 rings (SSSR count). The summed E-state index contributed by atoms with van der Waals surface area (Å²) in [4.78, 5) is 24.4. The predicted molar refractivity (Wildman–Crippen MR) is 106 cm³/mol. The summed E-state index contributed by atoms with van der Waals surface area (Å²) in [5.41, 5.74) is 1.71. The zero-order chi connectivity index (χ0) is 19.5. The Balaban J connectivity index is 1.44. The van der Waals surface area contributed by atoms with E-state index in [9.17, 15) is 9.59 Å². The minimum atomic E-state index is -0.151. The Morgan fingerprint density at radius 3 is 2.64 bits per heavy atom. The Bertz CT molecular complexity index is 798. The van der Waals surface area contributed by atoms with Crippen molar-refractivity contribution in [3.8, 4) is 0 Å². The van der Waals surface area contributed by atoms with E-state index in [1.165, 1.54) is 31.3 Å². The molecule has 28 heavy (non-hydrogen) atoms. The summed E-state index contributed by atoms with van der Waals surface area (Å²) in [5.74, 6) is 4.65. The number of esters is 1. The summed E-state index contributed by atoms with van der Waals surface area (Å²) in [6.07, 6.45) is 11.5. The van der Waals surface area contributed by atoms with Crippen LogP contribution in [0.25, 0.3) is 0 Å². The third-order valence-electron chi connectivity index (χ3n) is 10.8. The fraction of sp³-hybridized carbons (Fsp3) is 0.840. The predicted octanol–water partition coefficient (Wildman–Crippen LogP) is 5.09. The van der Waals surface area contributed by atoms with Gasteiger partial charge in [-0.25, -0.2) is 0 Å². The first-order valence-corrected chi connectivity index (χ1v) is 11.8. The van der Waals surface area contributed by atoms with E-state index in [2.05, 4.69) is 20.8 Å². The van der Waals surface area contributed by atoms with Crippen LogP contribution in [-0.2, 0) is 14.3 Å². The third kappa shape index (κ3) is 1.88. The van der Waals surface area contributed by atoms with Gasteiger partial charge in [0.2, 0.25) is 0 Å². The monoisotopic (exact) mass is 382 g/mol. The molecule has 6 aliphatic rings. The average molecular weight is 383 g/mol. The van der Waals surface area contributed by atoms with Gasteiger partial charge >= 0.3 is 5.97 Å². The van der Waals surface area contributed by atoms with Crippen LogP contribution < -0.4 is 0 Å². The lowest BCUT2D eigenvalue weighted by atomic mass is 9.43. The highest BCUT2D eigenvalue weighted by Gasteiger charge is 2.79.